The maximum absolute atomic E-state index is 13.5. The number of hydrogen-bond acceptors (Lipinski definition) is 9. The minimum atomic E-state index is -4.53. The Kier molecular flexibility index (Phi) is 7.00. The summed E-state index contributed by atoms with van der Waals surface area (Å²) in [5.74, 6) is 0.518. The number of nitrogens with zero attached hydrogens (tertiary/aromatic N) is 8. The first-order chi connectivity index (χ1) is 23.1. The van der Waals surface area contributed by atoms with E-state index in [0.717, 1.165) is 43.1 Å². The summed E-state index contributed by atoms with van der Waals surface area (Å²) in [5, 5.41) is 4.62. The maximum Gasteiger partial charge on any atom is 0.434 e. The second kappa shape index (κ2) is 11.2. The summed E-state index contributed by atoms with van der Waals surface area (Å²) in [6, 6.07) is 7.26. The second-order valence-corrected chi connectivity index (χ2v) is 12.4. The molecule has 1 amide bonds. The molecule has 2 saturated carbocycles. The van der Waals surface area contributed by atoms with Crippen molar-refractivity contribution in [2.75, 3.05) is 7.11 Å². The number of hydrogen-bond donors (Lipinski definition) is 0. The quantitative estimate of drug-likeness (QED) is 0.228. The van der Waals surface area contributed by atoms with Crippen molar-refractivity contribution in [2.24, 2.45) is 4.99 Å². The van der Waals surface area contributed by atoms with Gasteiger partial charge in [0.25, 0.3) is 5.91 Å². The lowest BCUT2D eigenvalue weighted by Crippen LogP contribution is -2.40. The van der Waals surface area contributed by atoms with E-state index in [-0.39, 0.29) is 23.3 Å². The molecule has 0 N–H and O–H groups in total. The van der Waals surface area contributed by atoms with Crippen LogP contribution in [0.2, 0.25) is 0 Å². The van der Waals surface area contributed by atoms with E-state index < -0.39 is 23.7 Å². The Morgan fingerprint density at radius 3 is 2.44 bits per heavy atom. The molecule has 5 aromatic rings. The van der Waals surface area contributed by atoms with Gasteiger partial charge in [0.05, 0.1) is 30.1 Å². The molecular formula is C34H29F3N8O3. The lowest BCUT2D eigenvalue weighted by atomic mass is 9.93. The molecule has 0 bridgehead atoms. The molecule has 0 radical (unpaired) electrons. The molecule has 5 heterocycles. The predicted molar refractivity (Wildman–Crippen MR) is 164 cm³/mol. The van der Waals surface area contributed by atoms with Crippen molar-refractivity contribution in [1.82, 2.24) is 34.6 Å². The first kappa shape index (κ1) is 30.1. The molecule has 3 aliphatic rings. The van der Waals surface area contributed by atoms with E-state index in [2.05, 4.69) is 25.1 Å². The third-order valence-corrected chi connectivity index (χ3v) is 8.99. The monoisotopic (exact) mass is 654 g/mol. The Hall–Kier alpha value is -5.27. The summed E-state index contributed by atoms with van der Waals surface area (Å²) >= 11 is 0. The smallest absolute Gasteiger partial charge is 0.434 e. The Bertz CT molecular complexity index is 2200. The average molecular weight is 655 g/mol. The van der Waals surface area contributed by atoms with E-state index in [1.165, 1.54) is 13.4 Å². The molecule has 0 saturated heterocycles. The Morgan fingerprint density at radius 2 is 1.79 bits per heavy atom. The zero-order valence-corrected chi connectivity index (χ0v) is 26.2. The lowest BCUT2D eigenvalue weighted by Gasteiger charge is -2.16. The summed E-state index contributed by atoms with van der Waals surface area (Å²) in [5.41, 5.74) is 3.91. The van der Waals surface area contributed by atoms with Gasteiger partial charge >= 0.3 is 6.18 Å². The fourth-order valence-electron chi connectivity index (χ4n) is 6.31. The van der Waals surface area contributed by atoms with Crippen molar-refractivity contribution in [3.8, 4) is 28.7 Å². The highest BCUT2D eigenvalue weighted by Crippen LogP contribution is 2.45. The molecule has 1 atom stereocenters. The fraction of sp³-hybridized carbons (Fsp3) is 0.353. The highest BCUT2D eigenvalue weighted by molar-refractivity contribution is 5.92. The molecule has 1 unspecified atom stereocenters. The summed E-state index contributed by atoms with van der Waals surface area (Å²) in [7, 11) is 1.52. The normalized spacial score (nSPS) is 17.5. The summed E-state index contributed by atoms with van der Waals surface area (Å²) in [6.07, 6.45) is 3.71. The number of carbonyl (C=O) groups excluding carboxylic acids is 1. The molecule has 1 aromatic carbocycles. The third-order valence-electron chi connectivity index (χ3n) is 8.99. The van der Waals surface area contributed by atoms with Crippen molar-refractivity contribution in [2.45, 2.75) is 70.0 Å². The van der Waals surface area contributed by atoms with Gasteiger partial charge in [-0.05, 0) is 45.1 Å². The number of aromatic nitrogens is 7. The van der Waals surface area contributed by atoms with E-state index in [0.29, 0.717) is 57.2 Å². The molecular weight excluding hydrogens is 625 g/mol. The Morgan fingerprint density at radius 1 is 1.02 bits per heavy atom. The van der Waals surface area contributed by atoms with E-state index in [1.807, 2.05) is 12.1 Å². The molecule has 1 aliphatic heterocycles. The number of fused-ring (bicyclic) bond motifs is 1. The van der Waals surface area contributed by atoms with Crippen LogP contribution in [0.25, 0.3) is 28.9 Å². The van der Waals surface area contributed by atoms with Gasteiger partial charge in [0, 0.05) is 40.9 Å². The van der Waals surface area contributed by atoms with Gasteiger partial charge in [0.15, 0.2) is 17.0 Å². The van der Waals surface area contributed by atoms with Crippen LogP contribution in [0, 0.1) is 13.8 Å². The van der Waals surface area contributed by atoms with Gasteiger partial charge in [-0.3, -0.25) is 4.79 Å². The van der Waals surface area contributed by atoms with Crippen LogP contribution in [0.4, 0.5) is 13.2 Å². The van der Waals surface area contributed by atoms with Crippen molar-refractivity contribution in [1.29, 1.82) is 0 Å². The van der Waals surface area contributed by atoms with Crippen LogP contribution in [-0.2, 0) is 17.4 Å². The van der Waals surface area contributed by atoms with Crippen LogP contribution in [-0.4, -0.2) is 47.7 Å². The second-order valence-electron chi connectivity index (χ2n) is 12.4. The molecule has 0 spiro atoms. The molecule has 244 valence electrons. The van der Waals surface area contributed by atoms with Crippen LogP contribution in [0.1, 0.15) is 83.2 Å². The van der Waals surface area contributed by atoms with E-state index in [9.17, 15) is 18.0 Å². The zero-order chi connectivity index (χ0) is 33.3. The summed E-state index contributed by atoms with van der Waals surface area (Å²) < 4.78 is 53.2. The van der Waals surface area contributed by atoms with Crippen LogP contribution in [0.15, 0.2) is 46.3 Å². The topological polar surface area (TPSA) is 134 Å². The fourth-order valence-corrected chi connectivity index (χ4v) is 6.31. The van der Waals surface area contributed by atoms with Crippen molar-refractivity contribution in [3.63, 3.8) is 0 Å². The Balaban J connectivity index is 1.24. The van der Waals surface area contributed by atoms with Gasteiger partial charge in [-0.1, -0.05) is 35.5 Å². The number of halogens is 3. The first-order valence-electron chi connectivity index (χ1n) is 15.7. The minimum Gasteiger partial charge on any atom is -0.480 e. The number of rotatable bonds is 8. The van der Waals surface area contributed by atoms with Gasteiger partial charge < -0.3 is 13.8 Å². The number of methoxy groups -OCH3 is 1. The molecule has 8 rings (SSSR count). The summed E-state index contributed by atoms with van der Waals surface area (Å²) in [6.45, 7) is 3.53. The van der Waals surface area contributed by atoms with Crippen molar-refractivity contribution < 1.29 is 27.2 Å². The molecule has 2 aliphatic carbocycles. The SMILES string of the molecule is COc1ncnc(C2CC2)c1-c1nc(Cc2ccc(-c3nc(C(F)(F)F)cn3C3CC3)cc2)c2c(n1)=NC(=O)C(c1c(C)noc1C)C=2. The predicted octanol–water partition coefficient (Wildman–Crippen LogP) is 4.96. The Labute approximate surface area is 271 Å². The number of ether oxygens (including phenoxy) is 1. The van der Waals surface area contributed by atoms with Gasteiger partial charge in [-0.25, -0.2) is 24.9 Å². The number of amides is 1. The van der Waals surface area contributed by atoms with Crippen LogP contribution < -0.4 is 15.4 Å². The van der Waals surface area contributed by atoms with Crippen LogP contribution >= 0.6 is 0 Å². The zero-order valence-electron chi connectivity index (χ0n) is 26.2. The highest BCUT2D eigenvalue weighted by atomic mass is 19.4. The standard InChI is InChI=1S/C34H29F3N8O3/c1-16-26(17(2)48-44-16)23-13-22-24(12-18-4-6-20(7-5-18)31-41-25(34(35,36)37)14-45(31)21-10-11-21)40-30(42-29(22)43-32(23)46)27-28(19-8-9-19)38-15-39-33(27)47-3/h4-7,13-15,19,21,23H,8-12H2,1-3H3. The number of benzene rings is 1. The number of carbonyl (C=O) groups is 1. The van der Waals surface area contributed by atoms with Crippen molar-refractivity contribution >= 4 is 12.0 Å². The third kappa shape index (κ3) is 5.34. The number of imidazole rings is 1. The van der Waals surface area contributed by atoms with E-state index in [1.54, 1.807) is 36.6 Å². The average Bonchev–Trinajstić information content (AvgIpc) is 4.01. The molecule has 2 fully saturated rings. The summed E-state index contributed by atoms with van der Waals surface area (Å²) in [4.78, 5) is 40.5. The van der Waals surface area contributed by atoms with Crippen LogP contribution in [0.3, 0.4) is 0 Å². The highest BCUT2D eigenvalue weighted by Gasteiger charge is 2.38. The van der Waals surface area contributed by atoms with Crippen LogP contribution in [0.5, 0.6) is 5.88 Å². The molecule has 4 aromatic heterocycles. The van der Waals surface area contributed by atoms with Gasteiger partial charge in [-0.15, -0.1) is 0 Å². The number of alkyl halides is 3. The molecule has 14 heteroatoms. The lowest BCUT2D eigenvalue weighted by molar-refractivity contribution is -0.140. The largest absolute Gasteiger partial charge is 0.480 e. The van der Waals surface area contributed by atoms with E-state index in [4.69, 9.17) is 19.2 Å². The van der Waals surface area contributed by atoms with Crippen molar-refractivity contribution in [3.05, 3.63) is 87.2 Å². The molecule has 11 nitrogen and oxygen atoms in total. The number of aryl methyl sites for hydroxylation is 2. The van der Waals surface area contributed by atoms with Gasteiger partial charge in [0.2, 0.25) is 5.88 Å². The van der Waals surface area contributed by atoms with Gasteiger partial charge in [-0.2, -0.15) is 18.2 Å². The maximum atomic E-state index is 13.5. The first-order valence-corrected chi connectivity index (χ1v) is 15.7. The van der Waals surface area contributed by atoms with E-state index >= 15 is 0 Å². The molecule has 48 heavy (non-hydrogen) atoms. The van der Waals surface area contributed by atoms with Gasteiger partial charge in [0.1, 0.15) is 23.5 Å². The minimum absolute atomic E-state index is 0.0152.